The molecule has 1 aliphatic heterocycles. The molecule has 162 valence electrons. The van der Waals surface area contributed by atoms with Gasteiger partial charge in [0.2, 0.25) is 0 Å². The van der Waals surface area contributed by atoms with Crippen LogP contribution < -0.4 is 5.32 Å². The van der Waals surface area contributed by atoms with Gasteiger partial charge < -0.3 is 9.88 Å². The number of nitrogens with one attached hydrogen (secondary N) is 1. The Hall–Kier alpha value is -2.99. The van der Waals surface area contributed by atoms with Gasteiger partial charge in [0.15, 0.2) is 5.82 Å². The molecule has 0 spiro atoms. The van der Waals surface area contributed by atoms with E-state index in [-0.39, 0.29) is 11.9 Å². The topological polar surface area (TPSA) is 63.1 Å². The highest BCUT2D eigenvalue weighted by Gasteiger charge is 2.23. The summed E-state index contributed by atoms with van der Waals surface area (Å²) in [6, 6.07) is 14.2. The molecule has 0 fully saturated rings. The lowest BCUT2D eigenvalue weighted by molar-refractivity contribution is 0.0937. The summed E-state index contributed by atoms with van der Waals surface area (Å²) in [6.45, 7) is 11.9. The first-order valence-electron chi connectivity index (χ1n) is 11.0. The van der Waals surface area contributed by atoms with Gasteiger partial charge in [0.05, 0.1) is 6.04 Å². The number of hydrogen-bond donors (Lipinski definition) is 1. The molecule has 1 aliphatic rings. The van der Waals surface area contributed by atoms with E-state index in [1.165, 1.54) is 16.7 Å². The predicted molar refractivity (Wildman–Crippen MR) is 122 cm³/mol. The summed E-state index contributed by atoms with van der Waals surface area (Å²) in [5.74, 6) is 1.74. The minimum absolute atomic E-state index is 0.0759. The summed E-state index contributed by atoms with van der Waals surface area (Å²) in [4.78, 5) is 15.2. The second kappa shape index (κ2) is 9.02. The minimum Gasteiger partial charge on any atom is -0.342 e. The van der Waals surface area contributed by atoms with E-state index in [2.05, 4.69) is 57.0 Å². The maximum absolute atomic E-state index is 12.7. The highest BCUT2D eigenvalue weighted by atomic mass is 16.1. The van der Waals surface area contributed by atoms with Crippen LogP contribution in [0.25, 0.3) is 0 Å². The van der Waals surface area contributed by atoms with Crippen molar-refractivity contribution in [3.63, 3.8) is 0 Å². The Kier molecular flexibility index (Phi) is 6.18. The quantitative estimate of drug-likeness (QED) is 0.687. The fraction of sp³-hybridized carbons (Fsp3) is 0.400. The first-order chi connectivity index (χ1) is 14.9. The number of fused-ring (bicyclic) bond motifs is 1. The van der Waals surface area contributed by atoms with Crippen molar-refractivity contribution in [3.05, 3.63) is 81.9 Å². The van der Waals surface area contributed by atoms with Crippen LogP contribution in [-0.4, -0.2) is 38.7 Å². The third-order valence-electron chi connectivity index (χ3n) is 5.96. The minimum atomic E-state index is -0.209. The van der Waals surface area contributed by atoms with E-state index in [4.69, 9.17) is 0 Å². The summed E-state index contributed by atoms with van der Waals surface area (Å²) in [7, 11) is 0. The standard InChI is InChI=1S/C25H31N5O/c1-17-13-18(2)15-21(14-17)16-29-10-9-23-27-28-24(30(23)12-11-29)20(4)26-25(31)22-8-6-5-7-19(22)3/h5-8,13-15,20H,9-12,16H2,1-4H3,(H,26,31)/t20-/m1/s1. The van der Waals surface area contributed by atoms with E-state index >= 15 is 0 Å². The zero-order valence-electron chi connectivity index (χ0n) is 18.9. The Labute approximate surface area is 184 Å². The van der Waals surface area contributed by atoms with Crippen molar-refractivity contribution >= 4 is 5.91 Å². The van der Waals surface area contributed by atoms with Gasteiger partial charge in [-0.05, 0) is 44.9 Å². The Morgan fingerprint density at radius 3 is 2.52 bits per heavy atom. The first kappa shape index (κ1) is 21.2. The molecule has 1 N–H and O–H groups in total. The van der Waals surface area contributed by atoms with Crippen molar-refractivity contribution in [2.24, 2.45) is 0 Å². The Morgan fingerprint density at radius 2 is 1.77 bits per heavy atom. The Balaban J connectivity index is 1.44. The average Bonchev–Trinajstić information content (AvgIpc) is 3.02. The van der Waals surface area contributed by atoms with Crippen molar-refractivity contribution in [2.75, 3.05) is 13.1 Å². The molecule has 6 heteroatoms. The van der Waals surface area contributed by atoms with Gasteiger partial charge in [-0.1, -0.05) is 47.5 Å². The number of carbonyl (C=O) groups is 1. The van der Waals surface area contributed by atoms with Gasteiger partial charge in [0, 0.05) is 38.2 Å². The van der Waals surface area contributed by atoms with Crippen LogP contribution in [-0.2, 0) is 19.5 Å². The average molecular weight is 418 g/mol. The number of amides is 1. The molecule has 3 aromatic rings. The van der Waals surface area contributed by atoms with Gasteiger partial charge in [-0.2, -0.15) is 0 Å². The van der Waals surface area contributed by atoms with Crippen LogP contribution in [0.3, 0.4) is 0 Å². The van der Waals surface area contributed by atoms with E-state index in [1.807, 2.05) is 38.1 Å². The summed E-state index contributed by atoms with van der Waals surface area (Å²) in [5, 5.41) is 12.0. The van der Waals surface area contributed by atoms with Gasteiger partial charge >= 0.3 is 0 Å². The van der Waals surface area contributed by atoms with Crippen LogP contribution in [0.4, 0.5) is 0 Å². The van der Waals surface area contributed by atoms with Gasteiger partial charge in [-0.3, -0.25) is 9.69 Å². The lowest BCUT2D eigenvalue weighted by Gasteiger charge is -2.21. The normalized spacial score (nSPS) is 15.2. The lowest BCUT2D eigenvalue weighted by atomic mass is 10.1. The SMILES string of the molecule is Cc1cc(C)cc(CN2CCc3nnc([C@@H](C)NC(=O)c4ccccc4C)n3CC2)c1. The molecule has 0 saturated carbocycles. The molecular formula is C25H31N5O. The fourth-order valence-corrected chi connectivity index (χ4v) is 4.45. The molecule has 1 aromatic heterocycles. The molecule has 0 aliphatic carbocycles. The second-order valence-corrected chi connectivity index (χ2v) is 8.66. The number of hydrogen-bond acceptors (Lipinski definition) is 4. The van der Waals surface area contributed by atoms with Crippen LogP contribution >= 0.6 is 0 Å². The van der Waals surface area contributed by atoms with Crippen molar-refractivity contribution < 1.29 is 4.79 Å². The number of nitrogens with zero attached hydrogens (tertiary/aromatic N) is 4. The number of rotatable bonds is 5. The van der Waals surface area contributed by atoms with E-state index in [9.17, 15) is 4.79 Å². The maximum atomic E-state index is 12.7. The molecule has 2 heterocycles. The van der Waals surface area contributed by atoms with Crippen molar-refractivity contribution in [1.82, 2.24) is 25.0 Å². The molecule has 2 aromatic carbocycles. The van der Waals surface area contributed by atoms with Gasteiger partial charge in [-0.15, -0.1) is 10.2 Å². The Morgan fingerprint density at radius 1 is 1.03 bits per heavy atom. The summed E-state index contributed by atoms with van der Waals surface area (Å²) < 4.78 is 2.18. The van der Waals surface area contributed by atoms with E-state index in [0.29, 0.717) is 5.56 Å². The third kappa shape index (κ3) is 4.85. The largest absolute Gasteiger partial charge is 0.342 e. The van der Waals surface area contributed by atoms with E-state index in [0.717, 1.165) is 49.8 Å². The lowest BCUT2D eigenvalue weighted by Crippen LogP contribution is -2.30. The third-order valence-corrected chi connectivity index (χ3v) is 5.96. The van der Waals surface area contributed by atoms with E-state index < -0.39 is 0 Å². The van der Waals surface area contributed by atoms with Gasteiger partial charge in [-0.25, -0.2) is 0 Å². The van der Waals surface area contributed by atoms with Crippen LogP contribution in [0.15, 0.2) is 42.5 Å². The summed E-state index contributed by atoms with van der Waals surface area (Å²) in [6.07, 6.45) is 0.857. The van der Waals surface area contributed by atoms with Gasteiger partial charge in [0.1, 0.15) is 5.82 Å². The monoisotopic (exact) mass is 417 g/mol. The molecule has 0 bridgehead atoms. The molecule has 1 amide bonds. The molecule has 0 radical (unpaired) electrons. The van der Waals surface area contributed by atoms with Crippen molar-refractivity contribution in [2.45, 2.75) is 53.2 Å². The van der Waals surface area contributed by atoms with Crippen molar-refractivity contribution in [3.8, 4) is 0 Å². The van der Waals surface area contributed by atoms with Gasteiger partial charge in [0.25, 0.3) is 5.91 Å². The van der Waals surface area contributed by atoms with E-state index in [1.54, 1.807) is 0 Å². The smallest absolute Gasteiger partial charge is 0.252 e. The highest BCUT2D eigenvalue weighted by Crippen LogP contribution is 2.18. The first-order valence-corrected chi connectivity index (χ1v) is 11.0. The second-order valence-electron chi connectivity index (χ2n) is 8.66. The fourth-order valence-electron chi connectivity index (χ4n) is 4.45. The zero-order chi connectivity index (χ0) is 22.0. The van der Waals surface area contributed by atoms with Crippen LogP contribution in [0.2, 0.25) is 0 Å². The van der Waals surface area contributed by atoms with Crippen LogP contribution in [0, 0.1) is 20.8 Å². The number of aryl methyl sites for hydroxylation is 3. The summed E-state index contributed by atoms with van der Waals surface area (Å²) in [5.41, 5.74) is 5.64. The molecule has 0 saturated heterocycles. The zero-order valence-corrected chi connectivity index (χ0v) is 18.9. The summed E-state index contributed by atoms with van der Waals surface area (Å²) >= 11 is 0. The number of benzene rings is 2. The molecular weight excluding hydrogens is 386 g/mol. The number of carbonyl (C=O) groups excluding carboxylic acids is 1. The highest BCUT2D eigenvalue weighted by molar-refractivity contribution is 5.95. The van der Waals surface area contributed by atoms with Crippen LogP contribution in [0.1, 0.15) is 57.2 Å². The predicted octanol–water partition coefficient (Wildman–Crippen LogP) is 3.75. The molecule has 1 atom stereocenters. The molecule has 6 nitrogen and oxygen atoms in total. The van der Waals surface area contributed by atoms with Crippen molar-refractivity contribution in [1.29, 1.82) is 0 Å². The molecule has 0 unspecified atom stereocenters. The maximum Gasteiger partial charge on any atom is 0.252 e. The number of aromatic nitrogens is 3. The Bertz CT molecular complexity index is 1070. The molecule has 4 rings (SSSR count). The van der Waals surface area contributed by atoms with Crippen LogP contribution in [0.5, 0.6) is 0 Å². The molecule has 31 heavy (non-hydrogen) atoms.